The minimum Gasteiger partial charge on any atom is -0.348 e. The van der Waals surface area contributed by atoms with Crippen LogP contribution in [-0.4, -0.2) is 29.2 Å². The Morgan fingerprint density at radius 2 is 1.82 bits per heavy atom. The summed E-state index contributed by atoms with van der Waals surface area (Å²) in [7, 11) is 0. The molecule has 28 heavy (non-hydrogen) atoms. The van der Waals surface area contributed by atoms with E-state index in [1.54, 1.807) is 12.1 Å². The van der Waals surface area contributed by atoms with E-state index in [0.717, 1.165) is 31.5 Å². The standard InChI is InChI=1S/C22H23N3O3/c1-2-3-8-25-21(27)18-7-6-15(10-19(18)22(25)28)20(26)24-11-14-4-5-16-12-23-13-17(16)9-14/h4-7,9-10,23H,2-3,8,11-13H2,1H3,(H,24,26). The average molecular weight is 377 g/mol. The van der Waals surface area contributed by atoms with Crippen LogP contribution in [-0.2, 0) is 19.6 Å². The zero-order valence-corrected chi connectivity index (χ0v) is 15.9. The number of nitrogens with one attached hydrogen (secondary N) is 2. The summed E-state index contributed by atoms with van der Waals surface area (Å²) < 4.78 is 0. The third kappa shape index (κ3) is 3.31. The molecule has 0 unspecified atom stereocenters. The van der Waals surface area contributed by atoms with Gasteiger partial charge in [0.1, 0.15) is 0 Å². The Bertz CT molecular complexity index is 967. The predicted octanol–water partition coefficient (Wildman–Crippen LogP) is 2.62. The van der Waals surface area contributed by atoms with Crippen molar-refractivity contribution in [3.8, 4) is 0 Å². The van der Waals surface area contributed by atoms with E-state index >= 15 is 0 Å². The van der Waals surface area contributed by atoms with Crippen LogP contribution in [0.15, 0.2) is 36.4 Å². The van der Waals surface area contributed by atoms with Crippen LogP contribution in [0.5, 0.6) is 0 Å². The second kappa shape index (κ2) is 7.56. The van der Waals surface area contributed by atoms with Gasteiger partial charge in [-0.15, -0.1) is 0 Å². The van der Waals surface area contributed by atoms with E-state index < -0.39 is 0 Å². The van der Waals surface area contributed by atoms with Crippen molar-refractivity contribution in [1.82, 2.24) is 15.5 Å². The van der Waals surface area contributed by atoms with Gasteiger partial charge in [0, 0.05) is 31.7 Å². The van der Waals surface area contributed by atoms with Crippen LogP contribution < -0.4 is 10.6 Å². The topological polar surface area (TPSA) is 78.5 Å². The maximum Gasteiger partial charge on any atom is 0.261 e. The quantitative estimate of drug-likeness (QED) is 0.759. The number of hydrogen-bond donors (Lipinski definition) is 2. The Hall–Kier alpha value is -2.99. The van der Waals surface area contributed by atoms with Gasteiger partial charge in [0.05, 0.1) is 11.1 Å². The van der Waals surface area contributed by atoms with Crippen LogP contribution in [0.3, 0.4) is 0 Å². The summed E-state index contributed by atoms with van der Waals surface area (Å²) in [4.78, 5) is 38.8. The lowest BCUT2D eigenvalue weighted by atomic mass is 10.0. The number of rotatable bonds is 6. The monoisotopic (exact) mass is 377 g/mol. The van der Waals surface area contributed by atoms with E-state index in [4.69, 9.17) is 0 Å². The number of hydrogen-bond acceptors (Lipinski definition) is 4. The van der Waals surface area contributed by atoms with Gasteiger partial charge in [-0.05, 0) is 41.3 Å². The molecule has 0 aromatic heterocycles. The number of imide groups is 1. The van der Waals surface area contributed by atoms with Gasteiger partial charge >= 0.3 is 0 Å². The van der Waals surface area contributed by atoms with Gasteiger partial charge in [-0.2, -0.15) is 0 Å². The van der Waals surface area contributed by atoms with Crippen molar-refractivity contribution in [1.29, 1.82) is 0 Å². The van der Waals surface area contributed by atoms with Crippen molar-refractivity contribution in [3.05, 3.63) is 69.8 Å². The molecule has 0 saturated heterocycles. The predicted molar refractivity (Wildman–Crippen MR) is 105 cm³/mol. The molecule has 0 saturated carbocycles. The number of benzene rings is 2. The number of unbranched alkanes of at least 4 members (excludes halogenated alkanes) is 1. The second-order valence-electron chi connectivity index (χ2n) is 7.27. The minimum absolute atomic E-state index is 0.256. The van der Waals surface area contributed by atoms with Gasteiger partial charge in [0.25, 0.3) is 17.7 Å². The molecular formula is C22H23N3O3. The van der Waals surface area contributed by atoms with E-state index in [-0.39, 0.29) is 17.7 Å². The molecule has 2 aromatic carbocycles. The molecule has 3 amide bonds. The first-order chi connectivity index (χ1) is 13.6. The van der Waals surface area contributed by atoms with Gasteiger partial charge in [-0.1, -0.05) is 31.5 Å². The highest BCUT2D eigenvalue weighted by Gasteiger charge is 2.35. The fourth-order valence-corrected chi connectivity index (χ4v) is 3.69. The van der Waals surface area contributed by atoms with Crippen LogP contribution in [0.2, 0.25) is 0 Å². The number of nitrogens with zero attached hydrogens (tertiary/aromatic N) is 1. The molecule has 0 atom stereocenters. The Morgan fingerprint density at radius 3 is 2.64 bits per heavy atom. The highest BCUT2D eigenvalue weighted by atomic mass is 16.2. The molecule has 2 aliphatic rings. The number of carbonyl (C=O) groups is 3. The zero-order valence-electron chi connectivity index (χ0n) is 15.9. The molecule has 0 fully saturated rings. The molecular weight excluding hydrogens is 354 g/mol. The molecule has 0 radical (unpaired) electrons. The molecule has 2 aliphatic heterocycles. The van der Waals surface area contributed by atoms with Crippen molar-refractivity contribution in [3.63, 3.8) is 0 Å². The maximum atomic E-state index is 12.6. The summed E-state index contributed by atoms with van der Waals surface area (Å²) >= 11 is 0. The molecule has 0 bridgehead atoms. The fraction of sp³-hybridized carbons (Fsp3) is 0.318. The molecule has 2 heterocycles. The first kappa shape index (κ1) is 18.4. The third-order valence-electron chi connectivity index (χ3n) is 5.32. The molecule has 0 aliphatic carbocycles. The van der Waals surface area contributed by atoms with E-state index in [1.165, 1.54) is 22.1 Å². The molecule has 2 aromatic rings. The van der Waals surface area contributed by atoms with Crippen molar-refractivity contribution < 1.29 is 14.4 Å². The van der Waals surface area contributed by atoms with Crippen LogP contribution in [0, 0.1) is 0 Å². The number of amides is 3. The number of fused-ring (bicyclic) bond motifs is 2. The molecule has 6 heteroatoms. The minimum atomic E-state index is -0.311. The Balaban J connectivity index is 1.46. The zero-order chi connectivity index (χ0) is 19.7. The van der Waals surface area contributed by atoms with Gasteiger partial charge in [-0.3, -0.25) is 19.3 Å². The van der Waals surface area contributed by atoms with Gasteiger partial charge in [0.2, 0.25) is 0 Å². The van der Waals surface area contributed by atoms with E-state index in [0.29, 0.717) is 29.8 Å². The lowest BCUT2D eigenvalue weighted by molar-refractivity contribution is 0.0652. The highest BCUT2D eigenvalue weighted by Crippen LogP contribution is 2.24. The second-order valence-corrected chi connectivity index (χ2v) is 7.27. The van der Waals surface area contributed by atoms with Crippen molar-refractivity contribution in [2.24, 2.45) is 0 Å². The highest BCUT2D eigenvalue weighted by molar-refractivity contribution is 6.22. The summed E-state index contributed by atoms with van der Waals surface area (Å²) in [6, 6.07) is 10.9. The summed E-state index contributed by atoms with van der Waals surface area (Å²) in [5.74, 6) is -0.838. The third-order valence-corrected chi connectivity index (χ3v) is 5.32. The summed E-state index contributed by atoms with van der Waals surface area (Å²) in [6.07, 6.45) is 1.68. The van der Waals surface area contributed by atoms with Crippen LogP contribution in [0.4, 0.5) is 0 Å². The lowest BCUT2D eigenvalue weighted by Crippen LogP contribution is -2.30. The largest absolute Gasteiger partial charge is 0.348 e. The van der Waals surface area contributed by atoms with Gasteiger partial charge in [-0.25, -0.2) is 0 Å². The SMILES string of the molecule is CCCCN1C(=O)c2ccc(C(=O)NCc3ccc4c(c3)CNC4)cc2C1=O. The van der Waals surface area contributed by atoms with Crippen molar-refractivity contribution in [2.75, 3.05) is 6.54 Å². The Kier molecular flexibility index (Phi) is 4.96. The normalized spacial score (nSPS) is 15.0. The molecule has 6 nitrogen and oxygen atoms in total. The molecule has 144 valence electrons. The van der Waals surface area contributed by atoms with Crippen LogP contribution >= 0.6 is 0 Å². The van der Waals surface area contributed by atoms with Gasteiger partial charge in [0.15, 0.2) is 0 Å². The Labute approximate surface area is 163 Å². The average Bonchev–Trinajstić information content (AvgIpc) is 3.27. The first-order valence-electron chi connectivity index (χ1n) is 9.68. The lowest BCUT2D eigenvalue weighted by Gasteiger charge is -2.12. The van der Waals surface area contributed by atoms with Crippen LogP contribution in [0.25, 0.3) is 0 Å². The van der Waals surface area contributed by atoms with Crippen molar-refractivity contribution >= 4 is 17.7 Å². The molecule has 0 spiro atoms. The summed E-state index contributed by atoms with van der Waals surface area (Å²) in [5.41, 5.74) is 4.68. The fourth-order valence-electron chi connectivity index (χ4n) is 3.69. The van der Waals surface area contributed by atoms with Gasteiger partial charge < -0.3 is 10.6 Å². The van der Waals surface area contributed by atoms with E-state index in [1.807, 2.05) is 13.0 Å². The summed E-state index contributed by atoms with van der Waals surface area (Å²) in [5, 5.41) is 6.20. The van der Waals surface area contributed by atoms with Crippen LogP contribution in [0.1, 0.15) is 67.5 Å². The first-order valence-corrected chi connectivity index (χ1v) is 9.68. The number of carbonyl (C=O) groups excluding carboxylic acids is 3. The van der Waals surface area contributed by atoms with Crippen molar-refractivity contribution in [2.45, 2.75) is 39.4 Å². The molecule has 4 rings (SSSR count). The maximum absolute atomic E-state index is 12.6. The van der Waals surface area contributed by atoms with E-state index in [2.05, 4.69) is 22.8 Å². The summed E-state index contributed by atoms with van der Waals surface area (Å²) in [6.45, 7) is 4.58. The van der Waals surface area contributed by atoms with E-state index in [9.17, 15) is 14.4 Å². The molecule has 2 N–H and O–H groups in total. The Morgan fingerprint density at radius 1 is 1.04 bits per heavy atom. The smallest absolute Gasteiger partial charge is 0.261 e.